The number of unbranched alkanes of at least 4 members (excludes halogenated alkanes) is 2. The first kappa shape index (κ1) is 14.3. The zero-order valence-corrected chi connectivity index (χ0v) is 13.1. The second-order valence-corrected chi connectivity index (χ2v) is 5.75. The Labute approximate surface area is 119 Å². The van der Waals surface area contributed by atoms with Gasteiger partial charge in [0.05, 0.1) is 5.02 Å². The molecule has 0 N–H and O–H groups in total. The lowest BCUT2D eigenvalue weighted by atomic mass is 10.2. The molecule has 0 atom stereocenters. The van der Waals surface area contributed by atoms with Crippen molar-refractivity contribution >= 4 is 49.3 Å². The third-order valence-corrected chi connectivity index (χ3v) is 3.55. The molecule has 0 unspecified atom stereocenters. The standard InChI is InChI=1S/C11H15Br2ClN2/c1-16(6-4-2-3-5-12)11-10(14)7-9(13)8-15-11/h7-8H,2-6H2,1H3. The van der Waals surface area contributed by atoms with E-state index in [2.05, 4.69) is 41.7 Å². The van der Waals surface area contributed by atoms with Gasteiger partial charge in [0, 0.05) is 29.6 Å². The van der Waals surface area contributed by atoms with Gasteiger partial charge in [0.2, 0.25) is 0 Å². The second kappa shape index (κ2) is 7.51. The predicted molar refractivity (Wildman–Crippen MR) is 77.9 cm³/mol. The highest BCUT2D eigenvalue weighted by Crippen LogP contribution is 2.25. The van der Waals surface area contributed by atoms with Crippen LogP contribution in [0.2, 0.25) is 5.02 Å². The minimum atomic E-state index is 0.692. The van der Waals surface area contributed by atoms with Crippen molar-refractivity contribution in [2.45, 2.75) is 19.3 Å². The van der Waals surface area contributed by atoms with E-state index < -0.39 is 0 Å². The van der Waals surface area contributed by atoms with Crippen LogP contribution >= 0.6 is 43.5 Å². The maximum atomic E-state index is 6.12. The lowest BCUT2D eigenvalue weighted by Crippen LogP contribution is -2.20. The van der Waals surface area contributed by atoms with Crippen molar-refractivity contribution in [1.82, 2.24) is 4.98 Å². The summed E-state index contributed by atoms with van der Waals surface area (Å²) in [5.74, 6) is 0.851. The van der Waals surface area contributed by atoms with E-state index in [0.29, 0.717) is 5.02 Å². The first-order valence-electron chi connectivity index (χ1n) is 5.23. The number of rotatable bonds is 6. The molecule has 16 heavy (non-hydrogen) atoms. The summed E-state index contributed by atoms with van der Waals surface area (Å²) in [6.07, 6.45) is 5.38. The molecule has 1 aromatic heterocycles. The third-order valence-electron chi connectivity index (χ3n) is 2.28. The Morgan fingerprint density at radius 3 is 2.75 bits per heavy atom. The second-order valence-electron chi connectivity index (χ2n) is 3.63. The molecule has 0 aliphatic heterocycles. The number of nitrogens with zero attached hydrogens (tertiary/aromatic N) is 2. The van der Waals surface area contributed by atoms with Crippen molar-refractivity contribution in [3.63, 3.8) is 0 Å². The molecular weight excluding hydrogens is 355 g/mol. The van der Waals surface area contributed by atoms with Gasteiger partial charge in [0.1, 0.15) is 5.82 Å². The zero-order valence-electron chi connectivity index (χ0n) is 9.22. The van der Waals surface area contributed by atoms with Crippen LogP contribution in [0.25, 0.3) is 0 Å². The summed E-state index contributed by atoms with van der Waals surface area (Å²) in [6, 6.07) is 1.87. The minimum Gasteiger partial charge on any atom is -0.358 e. The van der Waals surface area contributed by atoms with Gasteiger partial charge in [0.15, 0.2) is 0 Å². The fourth-order valence-corrected chi connectivity index (χ4v) is 2.58. The van der Waals surface area contributed by atoms with Crippen LogP contribution < -0.4 is 4.90 Å². The highest BCUT2D eigenvalue weighted by atomic mass is 79.9. The Morgan fingerprint density at radius 1 is 1.38 bits per heavy atom. The van der Waals surface area contributed by atoms with Gasteiger partial charge >= 0.3 is 0 Å². The molecule has 0 fully saturated rings. The van der Waals surface area contributed by atoms with Gasteiger partial charge in [-0.1, -0.05) is 34.0 Å². The molecule has 0 bridgehead atoms. The summed E-state index contributed by atoms with van der Waals surface area (Å²) in [4.78, 5) is 6.41. The Hall–Kier alpha value is 0.200. The molecule has 0 amide bonds. The van der Waals surface area contributed by atoms with Crippen LogP contribution in [0, 0.1) is 0 Å². The largest absolute Gasteiger partial charge is 0.358 e. The number of hydrogen-bond acceptors (Lipinski definition) is 2. The normalized spacial score (nSPS) is 10.5. The molecule has 2 nitrogen and oxygen atoms in total. The van der Waals surface area contributed by atoms with Gasteiger partial charge in [-0.05, 0) is 34.8 Å². The number of aromatic nitrogens is 1. The summed E-state index contributed by atoms with van der Waals surface area (Å²) in [6.45, 7) is 0.987. The molecule has 1 aromatic rings. The Morgan fingerprint density at radius 2 is 2.12 bits per heavy atom. The maximum absolute atomic E-state index is 6.12. The van der Waals surface area contributed by atoms with Gasteiger partial charge in [0.25, 0.3) is 0 Å². The summed E-state index contributed by atoms with van der Waals surface area (Å²) >= 11 is 12.9. The number of hydrogen-bond donors (Lipinski definition) is 0. The van der Waals surface area contributed by atoms with Crippen LogP contribution in [0.3, 0.4) is 0 Å². The molecule has 0 aliphatic carbocycles. The smallest absolute Gasteiger partial charge is 0.147 e. The first-order chi connectivity index (χ1) is 7.65. The van der Waals surface area contributed by atoms with Crippen LogP contribution in [0.1, 0.15) is 19.3 Å². The predicted octanol–water partition coefficient (Wildman–Crippen LogP) is 4.50. The van der Waals surface area contributed by atoms with Crippen molar-refractivity contribution < 1.29 is 0 Å². The van der Waals surface area contributed by atoms with E-state index >= 15 is 0 Å². The number of alkyl halides is 1. The molecule has 5 heteroatoms. The topological polar surface area (TPSA) is 16.1 Å². The SMILES string of the molecule is CN(CCCCCBr)c1ncc(Br)cc1Cl. The van der Waals surface area contributed by atoms with Crippen LogP contribution in [-0.2, 0) is 0 Å². The van der Waals surface area contributed by atoms with Gasteiger partial charge in [-0.2, -0.15) is 0 Å². The number of anilines is 1. The fourth-order valence-electron chi connectivity index (χ4n) is 1.41. The molecule has 0 saturated carbocycles. The lowest BCUT2D eigenvalue weighted by molar-refractivity contribution is 0.707. The van der Waals surface area contributed by atoms with E-state index in [1.165, 1.54) is 12.8 Å². The molecule has 0 aromatic carbocycles. The third kappa shape index (κ3) is 4.60. The highest BCUT2D eigenvalue weighted by Gasteiger charge is 2.07. The van der Waals surface area contributed by atoms with Gasteiger partial charge < -0.3 is 4.90 Å². The summed E-state index contributed by atoms with van der Waals surface area (Å²) in [5.41, 5.74) is 0. The summed E-state index contributed by atoms with van der Waals surface area (Å²) in [5, 5.41) is 1.77. The van der Waals surface area contributed by atoms with Crippen LogP contribution in [0.5, 0.6) is 0 Å². The number of halogens is 3. The highest BCUT2D eigenvalue weighted by molar-refractivity contribution is 9.10. The molecule has 1 heterocycles. The first-order valence-corrected chi connectivity index (χ1v) is 7.52. The van der Waals surface area contributed by atoms with Crippen LogP contribution in [0.15, 0.2) is 16.7 Å². The van der Waals surface area contributed by atoms with E-state index in [0.717, 1.165) is 28.6 Å². The van der Waals surface area contributed by atoms with Crippen molar-refractivity contribution in [1.29, 1.82) is 0 Å². The lowest BCUT2D eigenvalue weighted by Gasteiger charge is -2.19. The van der Waals surface area contributed by atoms with E-state index in [1.807, 2.05) is 13.1 Å². The van der Waals surface area contributed by atoms with E-state index in [4.69, 9.17) is 11.6 Å². The average molecular weight is 371 g/mol. The van der Waals surface area contributed by atoms with Crippen molar-refractivity contribution in [2.24, 2.45) is 0 Å². The van der Waals surface area contributed by atoms with Crippen molar-refractivity contribution in [3.8, 4) is 0 Å². The average Bonchev–Trinajstić information content (AvgIpc) is 2.24. The number of pyridine rings is 1. The van der Waals surface area contributed by atoms with Gasteiger partial charge in [-0.3, -0.25) is 0 Å². The fraction of sp³-hybridized carbons (Fsp3) is 0.545. The monoisotopic (exact) mass is 368 g/mol. The van der Waals surface area contributed by atoms with Gasteiger partial charge in [-0.15, -0.1) is 0 Å². The van der Waals surface area contributed by atoms with Crippen molar-refractivity contribution in [3.05, 3.63) is 21.8 Å². The van der Waals surface area contributed by atoms with E-state index in [-0.39, 0.29) is 0 Å². The Balaban J connectivity index is 2.49. The molecule has 1 rings (SSSR count). The zero-order chi connectivity index (χ0) is 12.0. The summed E-state index contributed by atoms with van der Waals surface area (Å²) < 4.78 is 0.911. The van der Waals surface area contributed by atoms with Crippen molar-refractivity contribution in [2.75, 3.05) is 23.8 Å². The molecule has 90 valence electrons. The summed E-state index contributed by atoms with van der Waals surface area (Å²) in [7, 11) is 2.02. The quantitative estimate of drug-likeness (QED) is 0.541. The minimum absolute atomic E-state index is 0.692. The molecule has 0 saturated heterocycles. The van der Waals surface area contributed by atoms with E-state index in [1.54, 1.807) is 6.20 Å². The van der Waals surface area contributed by atoms with E-state index in [9.17, 15) is 0 Å². The van der Waals surface area contributed by atoms with Crippen LogP contribution in [-0.4, -0.2) is 23.9 Å². The Bertz CT molecular complexity index is 334. The molecule has 0 aliphatic rings. The van der Waals surface area contributed by atoms with Gasteiger partial charge in [-0.25, -0.2) is 4.98 Å². The molecule has 0 radical (unpaired) electrons. The molecular formula is C11H15Br2ClN2. The molecule has 0 spiro atoms. The maximum Gasteiger partial charge on any atom is 0.147 e. The Kier molecular flexibility index (Phi) is 6.70. The van der Waals surface area contributed by atoms with Crippen LogP contribution in [0.4, 0.5) is 5.82 Å².